The number of hydrogen-bond donors (Lipinski definition) is 2. The van der Waals surface area contributed by atoms with Crippen molar-refractivity contribution < 1.29 is 9.59 Å². The van der Waals surface area contributed by atoms with E-state index in [1.807, 2.05) is 38.4 Å². The lowest BCUT2D eigenvalue weighted by Gasteiger charge is -2.15. The summed E-state index contributed by atoms with van der Waals surface area (Å²) in [5.74, 6) is 1.18. The fraction of sp³-hybridized carbons (Fsp3) is 0.560. The first-order valence-corrected chi connectivity index (χ1v) is 12.5. The highest BCUT2D eigenvalue weighted by Crippen LogP contribution is 2.27. The molecule has 8 heteroatoms. The predicted octanol–water partition coefficient (Wildman–Crippen LogP) is 4.45. The van der Waals surface area contributed by atoms with Gasteiger partial charge in [-0.15, -0.1) is 11.3 Å². The van der Waals surface area contributed by atoms with Crippen molar-refractivity contribution in [3.8, 4) is 10.4 Å². The summed E-state index contributed by atoms with van der Waals surface area (Å²) in [4.78, 5) is 28.6. The Bertz CT molecular complexity index is 778. The molecule has 0 bridgehead atoms. The molecule has 1 aromatic carbocycles. The van der Waals surface area contributed by atoms with Crippen molar-refractivity contribution in [2.24, 2.45) is 5.92 Å². The number of rotatable bonds is 6. The number of hydrogen-bond acceptors (Lipinski definition) is 5. The average molecular weight is 473 g/mol. The van der Waals surface area contributed by atoms with Crippen LogP contribution in [0.15, 0.2) is 29.8 Å². The van der Waals surface area contributed by atoms with Gasteiger partial charge in [-0.2, -0.15) is 0 Å². The van der Waals surface area contributed by atoms with Gasteiger partial charge in [-0.05, 0) is 37.4 Å². The van der Waals surface area contributed by atoms with Crippen LogP contribution >= 0.6 is 11.3 Å². The minimum Gasteiger partial charge on any atom is -0.355 e. The van der Waals surface area contributed by atoms with E-state index in [-0.39, 0.29) is 11.7 Å². The number of carbonyl (C=O) groups excluding carboxylic acids is 2. The van der Waals surface area contributed by atoms with E-state index in [1.54, 1.807) is 23.3 Å². The topological polar surface area (TPSA) is 74.3 Å². The Labute approximate surface area is 206 Å². The lowest BCUT2D eigenvalue weighted by Crippen LogP contribution is -2.35. The van der Waals surface area contributed by atoms with E-state index in [0.717, 1.165) is 36.7 Å². The first-order valence-electron chi connectivity index (χ1n) is 11.6. The van der Waals surface area contributed by atoms with Crippen LogP contribution in [0.25, 0.3) is 10.4 Å². The largest absolute Gasteiger partial charge is 0.355 e. The lowest BCUT2D eigenvalue weighted by molar-refractivity contribution is -0.129. The van der Waals surface area contributed by atoms with Crippen molar-refractivity contribution in [2.45, 2.75) is 60.3 Å². The van der Waals surface area contributed by atoms with Gasteiger partial charge in [0, 0.05) is 19.6 Å². The van der Waals surface area contributed by atoms with E-state index in [0.29, 0.717) is 19.5 Å². The number of amides is 2. The molecular formula is C25H41BN4O2S. The third kappa shape index (κ3) is 13.2. The molecule has 6 nitrogen and oxygen atoms in total. The molecule has 1 atom stereocenters. The predicted molar refractivity (Wildman–Crippen MR) is 142 cm³/mol. The van der Waals surface area contributed by atoms with E-state index < -0.39 is 0 Å². The highest BCUT2D eigenvalue weighted by Gasteiger charge is 2.21. The minimum atomic E-state index is 0.153. The molecule has 2 heterocycles. The third-order valence-corrected chi connectivity index (χ3v) is 5.23. The van der Waals surface area contributed by atoms with Crippen LogP contribution in [0.2, 0.25) is 5.82 Å². The summed E-state index contributed by atoms with van der Waals surface area (Å²) in [6, 6.07) is 8.15. The monoisotopic (exact) mass is 472 g/mol. The zero-order valence-electron chi connectivity index (χ0n) is 21.4. The Kier molecular flexibility index (Phi) is 17.1. The summed E-state index contributed by atoms with van der Waals surface area (Å²) in [5.41, 5.74) is 5.18. The average Bonchev–Trinajstić information content (AvgIpc) is 3.42. The van der Waals surface area contributed by atoms with Gasteiger partial charge < -0.3 is 15.5 Å². The van der Waals surface area contributed by atoms with Crippen LogP contribution in [0.1, 0.15) is 52.3 Å². The number of nitrogens with one attached hydrogen (secondary N) is 2. The number of thiazole rings is 1. The standard InChI is InChI=1S/C12H12N2OS.C7H13BN2O.C4H10.C2H6/c1-9-12(16-8-14-9)11-4-2-10(3-5-11)6-13-7-15;1-9-4-7(11)10-3-2-6(8)5-10;1-4(2)3;1-2/h2-5,7-8H,6H2,1H3,(H,13,15);6,9H,2-5H2,1H3;4H,1-3H3;1-2H3. The molecular weight excluding hydrogens is 431 g/mol. The summed E-state index contributed by atoms with van der Waals surface area (Å²) in [5, 5.41) is 5.47. The third-order valence-electron chi connectivity index (χ3n) is 4.26. The minimum absolute atomic E-state index is 0.153. The van der Waals surface area contributed by atoms with Crippen molar-refractivity contribution >= 4 is 31.5 Å². The van der Waals surface area contributed by atoms with Gasteiger partial charge in [-0.3, -0.25) is 9.59 Å². The molecule has 182 valence electrons. The fourth-order valence-corrected chi connectivity index (χ4v) is 3.60. The first kappa shape index (κ1) is 30.8. The second kappa shape index (κ2) is 18.3. The summed E-state index contributed by atoms with van der Waals surface area (Å²) >= 11 is 1.64. The molecule has 3 rings (SSSR count). The first-order chi connectivity index (χ1) is 15.8. The number of nitrogens with zero attached hydrogens (tertiary/aromatic N) is 2. The van der Waals surface area contributed by atoms with Crippen molar-refractivity contribution in [3.05, 3.63) is 41.0 Å². The number of likely N-dealkylation sites (tertiary alicyclic amines) is 1. The van der Waals surface area contributed by atoms with E-state index in [2.05, 4.69) is 48.5 Å². The van der Waals surface area contributed by atoms with Gasteiger partial charge in [0.05, 0.1) is 30.5 Å². The van der Waals surface area contributed by atoms with E-state index in [1.165, 1.54) is 10.4 Å². The van der Waals surface area contributed by atoms with Crippen LogP contribution in [0, 0.1) is 12.8 Å². The van der Waals surface area contributed by atoms with Crippen molar-refractivity contribution in [1.29, 1.82) is 0 Å². The molecule has 2 N–H and O–H groups in total. The van der Waals surface area contributed by atoms with Gasteiger partial charge in [-0.25, -0.2) is 4.98 Å². The molecule has 2 aromatic rings. The van der Waals surface area contributed by atoms with Crippen molar-refractivity contribution in [2.75, 3.05) is 26.7 Å². The molecule has 1 saturated heterocycles. The highest BCUT2D eigenvalue weighted by atomic mass is 32.1. The Balaban J connectivity index is 0.000000523. The molecule has 0 aliphatic carbocycles. The van der Waals surface area contributed by atoms with Crippen molar-refractivity contribution in [3.63, 3.8) is 0 Å². The highest BCUT2D eigenvalue weighted by molar-refractivity contribution is 7.13. The van der Waals surface area contributed by atoms with E-state index in [9.17, 15) is 9.59 Å². The molecule has 1 fully saturated rings. The normalized spacial score (nSPS) is 14.2. The smallest absolute Gasteiger partial charge is 0.236 e. The van der Waals surface area contributed by atoms with Crippen LogP contribution in [0.4, 0.5) is 0 Å². The SMILES string of the molecule is CC.CC(C)C.Cc1ncsc1-c1ccc(CNC=O)cc1.[B]C1CCN(C(=O)CNC)C1. The molecule has 0 saturated carbocycles. The second-order valence-electron chi connectivity index (χ2n) is 8.11. The van der Waals surface area contributed by atoms with Gasteiger partial charge >= 0.3 is 0 Å². The number of benzene rings is 1. The molecule has 2 amide bonds. The number of aromatic nitrogens is 1. The zero-order valence-corrected chi connectivity index (χ0v) is 22.2. The lowest BCUT2D eigenvalue weighted by atomic mass is 9.87. The van der Waals surface area contributed by atoms with Gasteiger partial charge in [0.2, 0.25) is 12.3 Å². The fourth-order valence-electron chi connectivity index (χ4n) is 2.79. The van der Waals surface area contributed by atoms with Gasteiger partial charge in [-0.1, -0.05) is 64.7 Å². The maximum atomic E-state index is 11.2. The Morgan fingerprint density at radius 3 is 2.30 bits per heavy atom. The number of carbonyl (C=O) groups is 2. The molecule has 1 aliphatic rings. The van der Waals surface area contributed by atoms with Crippen LogP contribution < -0.4 is 10.6 Å². The van der Waals surface area contributed by atoms with Crippen LogP contribution in [0.3, 0.4) is 0 Å². The summed E-state index contributed by atoms with van der Waals surface area (Å²) in [6.45, 7) is 15.0. The molecule has 1 aliphatic heterocycles. The number of aryl methyl sites for hydroxylation is 1. The van der Waals surface area contributed by atoms with Crippen LogP contribution in [0.5, 0.6) is 0 Å². The summed E-state index contributed by atoms with van der Waals surface area (Å²) in [7, 11) is 7.42. The molecule has 1 unspecified atom stereocenters. The van der Waals surface area contributed by atoms with Crippen molar-refractivity contribution in [1.82, 2.24) is 20.5 Å². The maximum absolute atomic E-state index is 11.2. The Morgan fingerprint density at radius 2 is 1.88 bits per heavy atom. The Morgan fingerprint density at radius 1 is 1.27 bits per heavy atom. The second-order valence-corrected chi connectivity index (χ2v) is 8.97. The van der Waals surface area contributed by atoms with E-state index >= 15 is 0 Å². The Hall–Kier alpha value is -2.19. The van der Waals surface area contributed by atoms with E-state index in [4.69, 9.17) is 7.85 Å². The van der Waals surface area contributed by atoms with Gasteiger partial charge in [0.15, 0.2) is 0 Å². The summed E-state index contributed by atoms with van der Waals surface area (Å²) < 4.78 is 0. The van der Waals surface area contributed by atoms with Gasteiger partial charge in [0.1, 0.15) is 0 Å². The molecule has 2 radical (unpaired) electrons. The quantitative estimate of drug-likeness (QED) is 0.481. The summed E-state index contributed by atoms with van der Waals surface area (Å²) in [6.07, 6.45) is 1.65. The number of likely N-dealkylation sites (N-methyl/N-ethyl adjacent to an activating group) is 1. The zero-order chi connectivity index (χ0) is 25.2. The van der Waals surface area contributed by atoms with Crippen LogP contribution in [-0.4, -0.2) is 56.7 Å². The van der Waals surface area contributed by atoms with Crippen LogP contribution in [-0.2, 0) is 16.1 Å². The van der Waals surface area contributed by atoms with Gasteiger partial charge in [0.25, 0.3) is 0 Å². The molecule has 0 spiro atoms. The molecule has 33 heavy (non-hydrogen) atoms. The molecule has 1 aromatic heterocycles. The maximum Gasteiger partial charge on any atom is 0.236 e.